The Kier molecular flexibility index (Phi) is 3.60. The Hall–Kier alpha value is -2.97. The standard InChI is InChI=1S/C11H11N5O4/c1-15-6-7(5-13-15)10(11(17)18)14-9-4-8(16(19)20)2-3-12-9/h2-6,10H,1H3,(H,12,14)(H,17,18). The van der Waals surface area contributed by atoms with E-state index in [-0.39, 0.29) is 11.5 Å². The quantitative estimate of drug-likeness (QED) is 0.616. The molecule has 20 heavy (non-hydrogen) atoms. The Morgan fingerprint density at radius 3 is 2.90 bits per heavy atom. The minimum Gasteiger partial charge on any atom is -0.479 e. The summed E-state index contributed by atoms with van der Waals surface area (Å²) in [7, 11) is 1.66. The van der Waals surface area contributed by atoms with E-state index in [4.69, 9.17) is 0 Å². The van der Waals surface area contributed by atoms with Crippen LogP contribution in [0.15, 0.2) is 30.7 Å². The van der Waals surface area contributed by atoms with Crippen molar-refractivity contribution in [2.75, 3.05) is 5.32 Å². The Bertz CT molecular complexity index is 654. The molecule has 0 saturated carbocycles. The van der Waals surface area contributed by atoms with Gasteiger partial charge in [0, 0.05) is 31.1 Å². The van der Waals surface area contributed by atoms with Gasteiger partial charge in [-0.2, -0.15) is 5.10 Å². The topological polar surface area (TPSA) is 123 Å². The van der Waals surface area contributed by atoms with E-state index in [0.717, 1.165) is 0 Å². The van der Waals surface area contributed by atoms with Crippen molar-refractivity contribution in [2.45, 2.75) is 6.04 Å². The van der Waals surface area contributed by atoms with E-state index in [1.54, 1.807) is 13.2 Å². The summed E-state index contributed by atoms with van der Waals surface area (Å²) in [6, 6.07) is 1.32. The number of pyridine rings is 1. The molecular weight excluding hydrogens is 266 g/mol. The highest BCUT2D eigenvalue weighted by atomic mass is 16.6. The first kappa shape index (κ1) is 13.5. The van der Waals surface area contributed by atoms with Crippen molar-refractivity contribution in [3.63, 3.8) is 0 Å². The molecule has 0 saturated heterocycles. The first-order chi connectivity index (χ1) is 9.47. The minimum absolute atomic E-state index is 0.107. The van der Waals surface area contributed by atoms with Gasteiger partial charge in [0.1, 0.15) is 5.82 Å². The van der Waals surface area contributed by atoms with Crippen LogP contribution in [0.1, 0.15) is 11.6 Å². The molecule has 1 atom stereocenters. The van der Waals surface area contributed by atoms with Crippen LogP contribution in [0.5, 0.6) is 0 Å². The van der Waals surface area contributed by atoms with Gasteiger partial charge < -0.3 is 10.4 Å². The number of rotatable bonds is 5. The van der Waals surface area contributed by atoms with Gasteiger partial charge in [0.2, 0.25) is 0 Å². The summed E-state index contributed by atoms with van der Waals surface area (Å²) < 4.78 is 1.47. The highest BCUT2D eigenvalue weighted by molar-refractivity contribution is 5.78. The van der Waals surface area contributed by atoms with Crippen LogP contribution < -0.4 is 5.32 Å². The van der Waals surface area contributed by atoms with E-state index in [2.05, 4.69) is 15.4 Å². The second kappa shape index (κ2) is 5.34. The second-order valence-electron chi connectivity index (χ2n) is 4.02. The lowest BCUT2D eigenvalue weighted by molar-refractivity contribution is -0.384. The van der Waals surface area contributed by atoms with Crippen molar-refractivity contribution in [1.82, 2.24) is 14.8 Å². The number of carboxylic acids is 1. The van der Waals surface area contributed by atoms with Crippen molar-refractivity contribution in [3.05, 3.63) is 46.4 Å². The fourth-order valence-corrected chi connectivity index (χ4v) is 1.64. The minimum atomic E-state index is -1.13. The first-order valence-electron chi connectivity index (χ1n) is 5.55. The number of anilines is 1. The third-order valence-corrected chi connectivity index (χ3v) is 2.55. The zero-order valence-electron chi connectivity index (χ0n) is 10.4. The van der Waals surface area contributed by atoms with E-state index in [1.807, 2.05) is 0 Å². The van der Waals surface area contributed by atoms with Gasteiger partial charge in [-0.3, -0.25) is 14.8 Å². The molecule has 104 valence electrons. The van der Waals surface area contributed by atoms with Crippen LogP contribution in [-0.4, -0.2) is 30.8 Å². The maximum absolute atomic E-state index is 11.3. The van der Waals surface area contributed by atoms with Crippen molar-refractivity contribution < 1.29 is 14.8 Å². The monoisotopic (exact) mass is 277 g/mol. The molecule has 0 aliphatic carbocycles. The summed E-state index contributed by atoms with van der Waals surface area (Å²) >= 11 is 0. The van der Waals surface area contributed by atoms with Crippen molar-refractivity contribution in [2.24, 2.45) is 7.05 Å². The third-order valence-electron chi connectivity index (χ3n) is 2.55. The summed E-state index contributed by atoms with van der Waals surface area (Å²) in [6.07, 6.45) is 4.19. The Labute approximate surface area is 113 Å². The van der Waals surface area contributed by atoms with Gasteiger partial charge >= 0.3 is 5.97 Å². The number of nitrogens with one attached hydrogen (secondary N) is 1. The van der Waals surface area contributed by atoms with Gasteiger partial charge in [-0.1, -0.05) is 0 Å². The number of nitrogens with zero attached hydrogens (tertiary/aromatic N) is 4. The van der Waals surface area contributed by atoms with Crippen molar-refractivity contribution >= 4 is 17.5 Å². The van der Waals surface area contributed by atoms with E-state index in [0.29, 0.717) is 5.56 Å². The van der Waals surface area contributed by atoms with E-state index in [1.165, 1.54) is 29.2 Å². The number of aromatic nitrogens is 3. The number of hydrogen-bond donors (Lipinski definition) is 2. The maximum Gasteiger partial charge on any atom is 0.330 e. The van der Waals surface area contributed by atoms with Crippen LogP contribution in [0, 0.1) is 10.1 Å². The largest absolute Gasteiger partial charge is 0.479 e. The summed E-state index contributed by atoms with van der Waals surface area (Å²) in [6.45, 7) is 0. The normalized spacial score (nSPS) is 11.8. The second-order valence-corrected chi connectivity index (χ2v) is 4.02. The highest BCUT2D eigenvalue weighted by Gasteiger charge is 2.22. The van der Waals surface area contributed by atoms with Crippen LogP contribution in [-0.2, 0) is 11.8 Å². The predicted molar refractivity (Wildman–Crippen MR) is 68.1 cm³/mol. The molecule has 9 nitrogen and oxygen atoms in total. The highest BCUT2D eigenvalue weighted by Crippen LogP contribution is 2.21. The van der Waals surface area contributed by atoms with E-state index >= 15 is 0 Å². The average Bonchev–Trinajstić information content (AvgIpc) is 2.82. The summed E-state index contributed by atoms with van der Waals surface area (Å²) in [5, 5.41) is 26.4. The Balaban J connectivity index is 2.27. The molecule has 2 N–H and O–H groups in total. The van der Waals surface area contributed by atoms with Crippen LogP contribution in [0.4, 0.5) is 11.5 Å². The van der Waals surface area contributed by atoms with E-state index in [9.17, 15) is 20.0 Å². The lowest BCUT2D eigenvalue weighted by Crippen LogP contribution is -2.20. The fraction of sp³-hybridized carbons (Fsp3) is 0.182. The molecule has 0 fully saturated rings. The van der Waals surface area contributed by atoms with Crippen molar-refractivity contribution in [1.29, 1.82) is 0 Å². The number of hydrogen-bond acceptors (Lipinski definition) is 6. The van der Waals surface area contributed by atoms with Crippen LogP contribution >= 0.6 is 0 Å². The molecule has 2 aromatic rings. The van der Waals surface area contributed by atoms with Crippen molar-refractivity contribution in [3.8, 4) is 0 Å². The summed E-state index contributed by atoms with van der Waals surface area (Å²) in [5.41, 5.74) is 0.256. The first-order valence-corrected chi connectivity index (χ1v) is 5.55. The molecule has 2 rings (SSSR count). The molecule has 0 spiro atoms. The number of carboxylic acid groups (broad SMARTS) is 1. The summed E-state index contributed by atoms with van der Waals surface area (Å²) in [4.78, 5) is 25.2. The Morgan fingerprint density at radius 2 is 2.35 bits per heavy atom. The lowest BCUT2D eigenvalue weighted by Gasteiger charge is -2.13. The van der Waals surface area contributed by atoms with Gasteiger partial charge in [-0.25, -0.2) is 9.78 Å². The average molecular weight is 277 g/mol. The molecule has 0 aliphatic rings. The molecule has 0 aromatic carbocycles. The van der Waals surface area contributed by atoms with Crippen LogP contribution in [0.25, 0.3) is 0 Å². The van der Waals surface area contributed by atoms with Gasteiger partial charge in [-0.05, 0) is 0 Å². The van der Waals surface area contributed by atoms with Gasteiger partial charge in [-0.15, -0.1) is 0 Å². The molecule has 1 unspecified atom stereocenters. The smallest absolute Gasteiger partial charge is 0.330 e. The van der Waals surface area contributed by atoms with Crippen LogP contribution in [0.3, 0.4) is 0 Å². The number of carbonyl (C=O) groups is 1. The molecule has 0 amide bonds. The molecule has 2 aromatic heterocycles. The SMILES string of the molecule is Cn1cc(C(Nc2cc([N+](=O)[O-])ccn2)C(=O)O)cn1. The molecular formula is C11H11N5O4. The molecule has 9 heteroatoms. The number of aliphatic carboxylic acids is 1. The zero-order valence-corrected chi connectivity index (χ0v) is 10.4. The Morgan fingerprint density at radius 1 is 1.60 bits per heavy atom. The number of aryl methyl sites for hydroxylation is 1. The molecule has 0 bridgehead atoms. The van der Waals surface area contributed by atoms with Gasteiger partial charge in [0.25, 0.3) is 5.69 Å². The number of nitro groups is 1. The summed E-state index contributed by atoms with van der Waals surface area (Å²) in [5.74, 6) is -1.03. The zero-order chi connectivity index (χ0) is 14.7. The molecule has 2 heterocycles. The van der Waals surface area contributed by atoms with Gasteiger partial charge in [0.05, 0.1) is 17.2 Å². The van der Waals surface area contributed by atoms with Gasteiger partial charge in [0.15, 0.2) is 6.04 Å². The molecule has 0 radical (unpaired) electrons. The van der Waals surface area contributed by atoms with Crippen LogP contribution in [0.2, 0.25) is 0 Å². The predicted octanol–water partition coefficient (Wildman–Crippen LogP) is 0.961. The van der Waals surface area contributed by atoms with E-state index < -0.39 is 16.9 Å². The maximum atomic E-state index is 11.3. The lowest BCUT2D eigenvalue weighted by atomic mass is 10.1. The molecule has 0 aliphatic heterocycles. The fourth-order valence-electron chi connectivity index (χ4n) is 1.64. The third kappa shape index (κ3) is 2.88.